The molecule has 1 aromatic heterocycles. The first-order valence-electron chi connectivity index (χ1n) is 14.8. The lowest BCUT2D eigenvalue weighted by molar-refractivity contribution is -0.156. The van der Waals surface area contributed by atoms with Gasteiger partial charge in [-0.3, -0.25) is 24.0 Å². The van der Waals surface area contributed by atoms with Crippen LogP contribution in [0, 0.1) is 22.7 Å². The summed E-state index contributed by atoms with van der Waals surface area (Å²) in [4.78, 5) is 68.6. The first kappa shape index (κ1) is 33.0. The maximum absolute atomic E-state index is 13.8. The van der Waals surface area contributed by atoms with Crippen molar-refractivity contribution >= 4 is 40.1 Å². The van der Waals surface area contributed by atoms with E-state index in [0.29, 0.717) is 30.7 Å². The van der Waals surface area contributed by atoms with E-state index in [1.54, 1.807) is 33.9 Å². The third kappa shape index (κ3) is 9.00. The summed E-state index contributed by atoms with van der Waals surface area (Å²) in [6.45, 7) is 10.5. The molecule has 42 heavy (non-hydrogen) atoms. The van der Waals surface area contributed by atoms with E-state index in [2.05, 4.69) is 10.3 Å². The van der Waals surface area contributed by atoms with E-state index < -0.39 is 41.6 Å². The van der Waals surface area contributed by atoms with Gasteiger partial charge in [0.15, 0.2) is 18.2 Å². The summed E-state index contributed by atoms with van der Waals surface area (Å²) in [5.74, 6) is -2.02. The number of methoxy groups -OCH3 is 1. The lowest BCUT2D eigenvalue weighted by atomic mass is 9.80. The van der Waals surface area contributed by atoms with Gasteiger partial charge in [-0.15, -0.1) is 0 Å². The molecule has 1 aliphatic rings. The van der Waals surface area contributed by atoms with Gasteiger partial charge in [-0.2, -0.15) is 0 Å². The number of hydrogen-bond acceptors (Lipinski definition) is 7. The molecule has 9 heteroatoms. The second kappa shape index (κ2) is 13.7. The Bertz CT molecular complexity index is 1310. The molecular formula is C33H46N2O7. The molecule has 1 fully saturated rings. The number of carbonyl (C=O) groups is 5. The molecule has 1 aromatic carbocycles. The topological polar surface area (TPSA) is 132 Å². The lowest BCUT2D eigenvalue weighted by Crippen LogP contribution is -2.48. The van der Waals surface area contributed by atoms with Crippen molar-refractivity contribution in [3.63, 3.8) is 0 Å². The summed E-state index contributed by atoms with van der Waals surface area (Å²) in [6.07, 6.45) is 3.27. The summed E-state index contributed by atoms with van der Waals surface area (Å²) >= 11 is 0. The van der Waals surface area contributed by atoms with E-state index in [-0.39, 0.29) is 35.7 Å². The van der Waals surface area contributed by atoms with Crippen LogP contribution in [0.1, 0.15) is 97.0 Å². The number of ether oxygens (including phenoxy) is 2. The van der Waals surface area contributed by atoms with Gasteiger partial charge in [-0.25, -0.2) is 0 Å². The second-order valence-electron chi connectivity index (χ2n) is 13.7. The molecule has 0 radical (unpaired) electrons. The van der Waals surface area contributed by atoms with E-state index in [0.717, 1.165) is 23.7 Å². The van der Waals surface area contributed by atoms with Crippen molar-refractivity contribution in [2.75, 3.05) is 13.7 Å². The molecule has 3 rings (SSSR count). The first-order valence-corrected chi connectivity index (χ1v) is 14.8. The molecular weight excluding hydrogens is 536 g/mol. The van der Waals surface area contributed by atoms with Crippen LogP contribution in [0.15, 0.2) is 24.3 Å². The number of benzene rings is 1. The Kier molecular flexibility index (Phi) is 10.7. The fourth-order valence-corrected chi connectivity index (χ4v) is 5.39. The van der Waals surface area contributed by atoms with Crippen LogP contribution in [0.4, 0.5) is 0 Å². The van der Waals surface area contributed by atoms with Gasteiger partial charge in [0.1, 0.15) is 11.5 Å². The van der Waals surface area contributed by atoms with Crippen LogP contribution in [-0.2, 0) is 23.9 Å². The third-order valence-corrected chi connectivity index (χ3v) is 7.67. The fraction of sp³-hybridized carbons (Fsp3) is 0.606. The Hall–Kier alpha value is -3.49. The number of carbonyl (C=O) groups excluding carboxylic acids is 5. The molecule has 9 nitrogen and oxygen atoms in total. The highest BCUT2D eigenvalue weighted by atomic mass is 16.5. The molecule has 2 N–H and O–H groups in total. The Labute approximate surface area is 248 Å². The summed E-state index contributed by atoms with van der Waals surface area (Å²) in [5, 5.41) is 3.63. The zero-order valence-electron chi connectivity index (χ0n) is 26.1. The number of esters is 1. The molecule has 230 valence electrons. The van der Waals surface area contributed by atoms with Crippen molar-refractivity contribution in [1.29, 1.82) is 0 Å². The molecule has 0 aliphatic heterocycles. The highest BCUT2D eigenvalue weighted by Crippen LogP contribution is 2.31. The van der Waals surface area contributed by atoms with Crippen LogP contribution in [0.3, 0.4) is 0 Å². The molecule has 0 unspecified atom stereocenters. The van der Waals surface area contributed by atoms with Gasteiger partial charge in [-0.1, -0.05) is 33.3 Å². The normalized spacial score (nSPS) is 17.4. The fourth-order valence-electron chi connectivity index (χ4n) is 5.39. The van der Waals surface area contributed by atoms with Crippen LogP contribution in [0.2, 0.25) is 0 Å². The number of aromatic amines is 1. The molecule has 3 atom stereocenters. The number of ketones is 3. The van der Waals surface area contributed by atoms with Crippen molar-refractivity contribution in [3.05, 3.63) is 30.0 Å². The number of fused-ring (bicyclic) bond motifs is 1. The largest absolute Gasteiger partial charge is 0.496 e. The number of nitrogens with one attached hydrogen (secondary N) is 2. The molecule has 2 aromatic rings. The van der Waals surface area contributed by atoms with Crippen molar-refractivity contribution in [1.82, 2.24) is 10.3 Å². The van der Waals surface area contributed by atoms with Gasteiger partial charge < -0.3 is 19.8 Å². The van der Waals surface area contributed by atoms with Crippen LogP contribution in [-0.4, -0.2) is 54.0 Å². The van der Waals surface area contributed by atoms with E-state index in [4.69, 9.17) is 9.47 Å². The number of rotatable bonds is 12. The first-order chi connectivity index (χ1) is 19.6. The van der Waals surface area contributed by atoms with Gasteiger partial charge in [0.05, 0.1) is 24.3 Å². The van der Waals surface area contributed by atoms with Crippen LogP contribution in [0.25, 0.3) is 10.9 Å². The summed E-state index contributed by atoms with van der Waals surface area (Å²) in [5.41, 5.74) is 0.0498. The summed E-state index contributed by atoms with van der Waals surface area (Å²) < 4.78 is 10.7. The maximum atomic E-state index is 13.8. The molecule has 1 saturated carbocycles. The van der Waals surface area contributed by atoms with Crippen LogP contribution >= 0.6 is 0 Å². The number of H-pyrrole nitrogens is 1. The SMILES string of the molecule is COc1cccc2[nH]c(C(=O)C[C@@H](CC(C)(C)C)C(=O)N[C@@H](C[C@@H]3CCCCC3=O)C(=O)COC(=O)C(C)(C)C)cc12. The Morgan fingerprint density at radius 1 is 1.07 bits per heavy atom. The van der Waals surface area contributed by atoms with Crippen molar-refractivity contribution in [2.45, 2.75) is 92.5 Å². The van der Waals surface area contributed by atoms with Gasteiger partial charge in [-0.05, 0) is 70.1 Å². The van der Waals surface area contributed by atoms with E-state index >= 15 is 0 Å². The average Bonchev–Trinajstić information content (AvgIpc) is 3.35. The van der Waals surface area contributed by atoms with Crippen LogP contribution < -0.4 is 10.1 Å². The average molecular weight is 583 g/mol. The summed E-state index contributed by atoms with van der Waals surface area (Å²) in [7, 11) is 1.57. The smallest absolute Gasteiger partial charge is 0.311 e. The van der Waals surface area contributed by atoms with Crippen molar-refractivity contribution in [3.8, 4) is 5.75 Å². The lowest BCUT2D eigenvalue weighted by Gasteiger charge is -2.29. The monoisotopic (exact) mass is 582 g/mol. The molecule has 0 spiro atoms. The minimum atomic E-state index is -1.01. The zero-order chi connectivity index (χ0) is 31.2. The standard InChI is InChI=1S/C33H46N2O7/c1-32(2,3)18-21(16-27(37)25-17-22-23(34-25)12-10-14-29(22)41-7)30(39)35-24(15-20-11-8-9-13-26(20)36)28(38)19-42-31(40)33(4,5)6/h10,12,14,17,20-21,24,34H,8-9,11,13,15-16,18-19H2,1-7H3,(H,35,39)/t20-,21-,24-/m0/s1. The summed E-state index contributed by atoms with van der Waals surface area (Å²) in [6, 6.07) is 6.21. The molecule has 1 aliphatic carbocycles. The Balaban J connectivity index is 1.82. The Morgan fingerprint density at radius 3 is 2.40 bits per heavy atom. The van der Waals surface area contributed by atoms with Crippen molar-refractivity contribution in [2.24, 2.45) is 22.7 Å². The van der Waals surface area contributed by atoms with E-state index in [9.17, 15) is 24.0 Å². The third-order valence-electron chi connectivity index (χ3n) is 7.67. The predicted molar refractivity (Wildman–Crippen MR) is 160 cm³/mol. The zero-order valence-corrected chi connectivity index (χ0v) is 26.1. The van der Waals surface area contributed by atoms with Gasteiger partial charge in [0.25, 0.3) is 0 Å². The number of aromatic nitrogens is 1. The van der Waals surface area contributed by atoms with E-state index in [1.165, 1.54) is 0 Å². The quantitative estimate of drug-likeness (QED) is 0.246. The van der Waals surface area contributed by atoms with Crippen molar-refractivity contribution < 1.29 is 33.4 Å². The van der Waals surface area contributed by atoms with Gasteiger partial charge >= 0.3 is 5.97 Å². The van der Waals surface area contributed by atoms with Gasteiger partial charge in [0, 0.05) is 35.6 Å². The highest BCUT2D eigenvalue weighted by molar-refractivity contribution is 6.02. The second-order valence-corrected chi connectivity index (χ2v) is 13.7. The van der Waals surface area contributed by atoms with Crippen LogP contribution in [0.5, 0.6) is 5.75 Å². The maximum Gasteiger partial charge on any atom is 0.311 e. The van der Waals surface area contributed by atoms with Gasteiger partial charge in [0.2, 0.25) is 5.91 Å². The minimum Gasteiger partial charge on any atom is -0.496 e. The molecule has 1 amide bonds. The molecule has 0 saturated heterocycles. The number of hydrogen-bond donors (Lipinski definition) is 2. The van der Waals surface area contributed by atoms with E-state index in [1.807, 2.05) is 39.0 Å². The predicted octanol–water partition coefficient (Wildman–Crippen LogP) is 5.59. The molecule has 1 heterocycles. The minimum absolute atomic E-state index is 0.0689. The Morgan fingerprint density at radius 2 is 1.79 bits per heavy atom. The molecule has 0 bridgehead atoms. The highest BCUT2D eigenvalue weighted by Gasteiger charge is 2.35. The number of amides is 1. The number of Topliss-reactive ketones (excluding diaryl/α,β-unsaturated/α-hetero) is 3.